The Bertz CT molecular complexity index is 1400. The monoisotopic (exact) mass is 483 g/mol. The number of H-pyrrole nitrogens is 1. The first-order valence-corrected chi connectivity index (χ1v) is 12.1. The minimum absolute atomic E-state index is 0.0294. The second-order valence-corrected chi connectivity index (χ2v) is 9.11. The number of nitrogens with one attached hydrogen (secondary N) is 2. The number of tetrazole rings is 1. The van der Waals surface area contributed by atoms with Gasteiger partial charge in [-0.05, 0) is 90.1 Å². The van der Waals surface area contributed by atoms with E-state index in [1.165, 1.54) is 11.1 Å². The van der Waals surface area contributed by atoms with E-state index in [1.807, 2.05) is 44.2 Å². The molecule has 36 heavy (non-hydrogen) atoms. The van der Waals surface area contributed by atoms with E-state index in [1.54, 1.807) is 7.11 Å². The Morgan fingerprint density at radius 1 is 1.08 bits per heavy atom. The van der Waals surface area contributed by atoms with E-state index >= 15 is 0 Å². The fraction of sp³-hybridized carbons (Fsp3) is 0.286. The predicted octanol–water partition coefficient (Wildman–Crippen LogP) is 5.30. The summed E-state index contributed by atoms with van der Waals surface area (Å²) < 4.78 is 11.2. The van der Waals surface area contributed by atoms with E-state index in [4.69, 9.17) is 9.47 Å². The summed E-state index contributed by atoms with van der Waals surface area (Å²) in [5.74, 6) is 2.09. The molecule has 5 rings (SSSR count). The minimum atomic E-state index is -0.0309. The first kappa shape index (κ1) is 23.5. The zero-order valence-corrected chi connectivity index (χ0v) is 20.8. The highest BCUT2D eigenvalue weighted by molar-refractivity contribution is 5.97. The summed E-state index contributed by atoms with van der Waals surface area (Å²) in [6, 6.07) is 18.2. The first-order valence-electron chi connectivity index (χ1n) is 12.1. The van der Waals surface area contributed by atoms with E-state index in [-0.39, 0.29) is 17.7 Å². The van der Waals surface area contributed by atoms with Gasteiger partial charge in [0, 0.05) is 17.2 Å². The van der Waals surface area contributed by atoms with Gasteiger partial charge in [0.1, 0.15) is 0 Å². The largest absolute Gasteiger partial charge is 0.493 e. The van der Waals surface area contributed by atoms with Crippen molar-refractivity contribution in [2.24, 2.45) is 5.92 Å². The van der Waals surface area contributed by atoms with Crippen LogP contribution in [-0.2, 0) is 4.79 Å². The fourth-order valence-corrected chi connectivity index (χ4v) is 4.64. The number of aromatic nitrogens is 4. The molecule has 1 saturated carbocycles. The van der Waals surface area contributed by atoms with Crippen molar-refractivity contribution in [1.82, 2.24) is 20.6 Å². The average molecular weight is 484 g/mol. The van der Waals surface area contributed by atoms with Gasteiger partial charge in [0.2, 0.25) is 5.91 Å². The van der Waals surface area contributed by atoms with E-state index in [0.717, 1.165) is 34.4 Å². The number of aryl methyl sites for hydroxylation is 2. The number of aromatic amines is 1. The SMILES string of the molecule is CCOc1ccc(-c2cc(C)c(NC(=O)[C@@H]3C[C@H]3c3cccc(C)c3)cc2-c2nnn[nH]2)cc1OC. The Hall–Kier alpha value is -4.20. The van der Waals surface area contributed by atoms with Gasteiger partial charge in [0.25, 0.3) is 0 Å². The summed E-state index contributed by atoms with van der Waals surface area (Å²) in [5, 5.41) is 17.6. The van der Waals surface area contributed by atoms with Crippen LogP contribution in [0.1, 0.15) is 36.0 Å². The Morgan fingerprint density at radius 2 is 1.94 bits per heavy atom. The Balaban J connectivity index is 1.46. The van der Waals surface area contributed by atoms with Gasteiger partial charge in [-0.1, -0.05) is 35.9 Å². The summed E-state index contributed by atoms with van der Waals surface area (Å²) >= 11 is 0. The molecular formula is C28H29N5O3. The maximum Gasteiger partial charge on any atom is 0.228 e. The number of anilines is 1. The molecular weight excluding hydrogens is 454 g/mol. The highest BCUT2D eigenvalue weighted by Crippen LogP contribution is 2.48. The third kappa shape index (κ3) is 4.66. The van der Waals surface area contributed by atoms with E-state index < -0.39 is 0 Å². The number of nitrogens with zero attached hydrogens (tertiary/aromatic N) is 3. The van der Waals surface area contributed by atoms with Crippen LogP contribution in [0.5, 0.6) is 11.5 Å². The molecule has 4 aromatic rings. The van der Waals surface area contributed by atoms with Crippen LogP contribution in [0.2, 0.25) is 0 Å². The molecule has 0 saturated heterocycles. The van der Waals surface area contributed by atoms with E-state index in [2.05, 4.69) is 57.1 Å². The van der Waals surface area contributed by atoms with Gasteiger partial charge in [0.15, 0.2) is 17.3 Å². The van der Waals surface area contributed by atoms with Gasteiger partial charge in [-0.2, -0.15) is 0 Å². The third-order valence-corrected chi connectivity index (χ3v) is 6.59. The van der Waals surface area contributed by atoms with Gasteiger partial charge >= 0.3 is 0 Å². The topological polar surface area (TPSA) is 102 Å². The Morgan fingerprint density at radius 3 is 2.67 bits per heavy atom. The molecule has 2 atom stereocenters. The van der Waals surface area contributed by atoms with Crippen LogP contribution in [0.25, 0.3) is 22.5 Å². The zero-order valence-electron chi connectivity index (χ0n) is 20.8. The van der Waals surface area contributed by atoms with Crippen LogP contribution in [0.3, 0.4) is 0 Å². The molecule has 3 aromatic carbocycles. The van der Waals surface area contributed by atoms with Crippen LogP contribution in [0.4, 0.5) is 5.69 Å². The Kier molecular flexibility index (Phi) is 6.41. The summed E-state index contributed by atoms with van der Waals surface area (Å²) in [7, 11) is 1.62. The van der Waals surface area contributed by atoms with Gasteiger partial charge in [0.05, 0.1) is 13.7 Å². The second kappa shape index (κ2) is 9.81. The number of carbonyl (C=O) groups is 1. The molecule has 0 aliphatic heterocycles. The molecule has 1 aliphatic rings. The smallest absolute Gasteiger partial charge is 0.228 e. The summed E-state index contributed by atoms with van der Waals surface area (Å²) in [4.78, 5) is 13.1. The number of methoxy groups -OCH3 is 1. The molecule has 0 spiro atoms. The lowest BCUT2D eigenvalue weighted by atomic mass is 9.95. The molecule has 1 aliphatic carbocycles. The molecule has 1 fully saturated rings. The Labute approximate surface area is 210 Å². The van der Waals surface area contributed by atoms with Crippen molar-refractivity contribution in [3.63, 3.8) is 0 Å². The van der Waals surface area contributed by atoms with Crippen molar-refractivity contribution in [2.45, 2.75) is 33.1 Å². The summed E-state index contributed by atoms with van der Waals surface area (Å²) in [6.45, 7) is 6.54. The first-order chi connectivity index (χ1) is 17.5. The number of amides is 1. The number of rotatable bonds is 8. The maximum atomic E-state index is 13.1. The molecule has 1 heterocycles. The molecule has 8 nitrogen and oxygen atoms in total. The van der Waals surface area contributed by atoms with Crippen LogP contribution in [0.15, 0.2) is 54.6 Å². The van der Waals surface area contributed by atoms with Crippen molar-refractivity contribution in [1.29, 1.82) is 0 Å². The van der Waals surface area contributed by atoms with Crippen LogP contribution in [-0.4, -0.2) is 40.2 Å². The summed E-state index contributed by atoms with van der Waals surface area (Å²) in [6.07, 6.45) is 0.858. The zero-order chi connectivity index (χ0) is 25.2. The highest BCUT2D eigenvalue weighted by atomic mass is 16.5. The second-order valence-electron chi connectivity index (χ2n) is 9.11. The molecule has 1 aromatic heterocycles. The average Bonchev–Trinajstić information content (AvgIpc) is 3.51. The number of benzene rings is 3. The predicted molar refractivity (Wildman–Crippen MR) is 138 cm³/mol. The number of hydrogen-bond donors (Lipinski definition) is 2. The van der Waals surface area contributed by atoms with Crippen molar-refractivity contribution < 1.29 is 14.3 Å². The maximum absolute atomic E-state index is 13.1. The number of hydrogen-bond acceptors (Lipinski definition) is 6. The van der Waals surface area contributed by atoms with Crippen molar-refractivity contribution >= 4 is 11.6 Å². The van der Waals surface area contributed by atoms with E-state index in [0.29, 0.717) is 23.9 Å². The van der Waals surface area contributed by atoms with Crippen molar-refractivity contribution in [3.8, 4) is 34.0 Å². The minimum Gasteiger partial charge on any atom is -0.493 e. The van der Waals surface area contributed by atoms with Crippen LogP contribution >= 0.6 is 0 Å². The van der Waals surface area contributed by atoms with Crippen molar-refractivity contribution in [2.75, 3.05) is 19.0 Å². The van der Waals surface area contributed by atoms with Crippen LogP contribution < -0.4 is 14.8 Å². The molecule has 2 N–H and O–H groups in total. The molecule has 0 unspecified atom stereocenters. The third-order valence-electron chi connectivity index (χ3n) is 6.59. The number of carbonyl (C=O) groups excluding carboxylic acids is 1. The van der Waals surface area contributed by atoms with Gasteiger partial charge < -0.3 is 14.8 Å². The van der Waals surface area contributed by atoms with Gasteiger partial charge in [-0.3, -0.25) is 4.79 Å². The molecule has 0 bridgehead atoms. The lowest BCUT2D eigenvalue weighted by Crippen LogP contribution is -2.15. The molecule has 184 valence electrons. The molecule has 0 radical (unpaired) electrons. The summed E-state index contributed by atoms with van der Waals surface area (Å²) in [5.41, 5.74) is 6.72. The lowest BCUT2D eigenvalue weighted by molar-refractivity contribution is -0.117. The lowest BCUT2D eigenvalue weighted by Gasteiger charge is -2.16. The standard InChI is InChI=1S/C28H29N5O3/c1-5-36-25-10-9-19(13-26(25)35-4)20-12-17(3)24(15-22(20)27-30-32-33-31-27)29-28(34)23-14-21(23)18-8-6-7-16(2)11-18/h6-13,15,21,23H,5,14H2,1-4H3,(H,29,34)(H,30,31,32,33)/t21-,23+/m0/s1. The van der Waals surface area contributed by atoms with Gasteiger partial charge in [-0.25, -0.2) is 5.10 Å². The number of ether oxygens (including phenoxy) is 2. The van der Waals surface area contributed by atoms with Crippen LogP contribution in [0, 0.1) is 19.8 Å². The molecule has 8 heteroatoms. The van der Waals surface area contributed by atoms with Gasteiger partial charge in [-0.15, -0.1) is 5.10 Å². The van der Waals surface area contributed by atoms with E-state index in [9.17, 15) is 4.79 Å². The van der Waals surface area contributed by atoms with Crippen molar-refractivity contribution in [3.05, 3.63) is 71.3 Å². The highest BCUT2D eigenvalue weighted by Gasteiger charge is 2.44. The normalized spacial score (nSPS) is 16.4. The quantitative estimate of drug-likeness (QED) is 0.353. The fourth-order valence-electron chi connectivity index (χ4n) is 4.64. The molecule has 1 amide bonds.